The molecule has 0 aliphatic rings. The molecule has 472 valence electrons. The molecule has 2 unspecified atom stereocenters. The van der Waals surface area contributed by atoms with Gasteiger partial charge in [-0.1, -0.05) is 39.3 Å². The van der Waals surface area contributed by atoms with Gasteiger partial charge in [-0.2, -0.15) is 28.1 Å². The Hall–Kier alpha value is -7.59. The largest absolute Gasteiger partial charge is 0.443 e. The fraction of sp³-hybridized carbons (Fsp3) is 0.469. The number of aromatic nitrogens is 6. The van der Waals surface area contributed by atoms with Crippen LogP contribution in [0.15, 0.2) is 73.1 Å². The number of alkyl halides is 4. The number of nitriles is 2. The van der Waals surface area contributed by atoms with Gasteiger partial charge in [-0.25, -0.2) is 19.6 Å². The van der Waals surface area contributed by atoms with E-state index in [1.807, 2.05) is 4.57 Å². The average molecular weight is 1250 g/mol. The number of carbonyl (C=O) groups excluding carboxylic acids is 2. The van der Waals surface area contributed by atoms with Gasteiger partial charge < -0.3 is 47.0 Å². The number of ether oxygens (including phenoxy) is 8. The molecule has 8 aromatic rings. The van der Waals surface area contributed by atoms with E-state index in [0.29, 0.717) is 91.0 Å². The van der Waals surface area contributed by atoms with Gasteiger partial charge in [0.05, 0.1) is 56.4 Å². The van der Waals surface area contributed by atoms with Crippen molar-refractivity contribution in [2.24, 2.45) is 0 Å². The molecule has 0 aliphatic carbocycles. The summed E-state index contributed by atoms with van der Waals surface area (Å²) in [6, 6.07) is 22.6. The Balaban J connectivity index is 0.000000251. The maximum Gasteiger partial charge on any atom is 0.419 e. The fourth-order valence-corrected chi connectivity index (χ4v) is 11.9. The molecule has 18 nitrogen and oxygen atoms in total. The van der Waals surface area contributed by atoms with Crippen LogP contribution in [0.1, 0.15) is 100 Å². The highest BCUT2D eigenvalue weighted by molar-refractivity contribution is 6.76. The van der Waals surface area contributed by atoms with Gasteiger partial charge in [0, 0.05) is 77.9 Å². The lowest BCUT2D eigenvalue weighted by molar-refractivity contribution is -0.0551. The average Bonchev–Trinajstić information content (AvgIpc) is 1.54. The first kappa shape index (κ1) is 67.9. The predicted molar refractivity (Wildman–Crippen MR) is 334 cm³/mol. The second-order valence-electron chi connectivity index (χ2n) is 26.3. The molecule has 0 N–H and O–H groups in total. The molecular weight excluding hydrogens is 1170 g/mol. The standard InChI is InChI=1S/2C32H40F2N4O5Si/c1-20-16-25(42-29(33)34)26(22-12-13-37(27(20)22)30(39)43-31(2,3)4)32(5,40-6)28-36-23-17-21(18-35)10-11-24(23)38(28)19-41-14-15-44(7,8)9;1-20-16-25(42-29(33)34)26(22-12-13-37(27(20)22)30(39)43-31(2,3)4)32(5,40-6)28-36-23-11-10-21(18-35)17-24(23)38(28)19-41-14-15-44(7,8)9/h2*10-13,16-17,29H,14-15,19H2,1-9H3. The maximum atomic E-state index is 13.9. The van der Waals surface area contributed by atoms with Gasteiger partial charge in [0.25, 0.3) is 0 Å². The summed E-state index contributed by atoms with van der Waals surface area (Å²) in [5, 5.41) is 20.0. The number of halogens is 4. The zero-order valence-corrected chi connectivity index (χ0v) is 55.5. The molecule has 0 radical (unpaired) electrons. The first-order chi connectivity index (χ1) is 41.0. The molecule has 0 amide bonds. The molecule has 4 aromatic carbocycles. The number of imidazole rings is 2. The zero-order valence-electron chi connectivity index (χ0n) is 53.5. The Kier molecular flexibility index (Phi) is 20.3. The van der Waals surface area contributed by atoms with Crippen LogP contribution in [0.25, 0.3) is 43.9 Å². The molecule has 4 aromatic heterocycles. The maximum absolute atomic E-state index is 13.9. The smallest absolute Gasteiger partial charge is 0.419 e. The molecule has 2 atom stereocenters. The lowest BCUT2D eigenvalue weighted by atomic mass is 9.89. The van der Waals surface area contributed by atoms with Crippen molar-refractivity contribution in [2.45, 2.75) is 170 Å². The number of benzene rings is 4. The molecule has 0 bridgehead atoms. The Labute approximate surface area is 512 Å². The van der Waals surface area contributed by atoms with Crippen molar-refractivity contribution in [3.8, 4) is 23.6 Å². The van der Waals surface area contributed by atoms with E-state index in [1.54, 1.807) is 135 Å². The van der Waals surface area contributed by atoms with Crippen LogP contribution in [0, 0.1) is 36.5 Å². The lowest BCUT2D eigenvalue weighted by Gasteiger charge is -2.31. The Morgan fingerprint density at radius 3 is 1.35 bits per heavy atom. The Morgan fingerprint density at radius 1 is 0.568 bits per heavy atom. The minimum atomic E-state index is -3.12. The monoisotopic (exact) mass is 1250 g/mol. The van der Waals surface area contributed by atoms with Crippen molar-refractivity contribution in [1.29, 1.82) is 10.5 Å². The van der Waals surface area contributed by atoms with E-state index >= 15 is 0 Å². The van der Waals surface area contributed by atoms with Crippen LogP contribution >= 0.6 is 0 Å². The number of carbonyl (C=O) groups is 2. The Bertz CT molecular complexity index is 3830. The summed E-state index contributed by atoms with van der Waals surface area (Å²) in [5.41, 5.74) is 1.23. The lowest BCUT2D eigenvalue weighted by Crippen LogP contribution is -2.32. The highest BCUT2D eigenvalue weighted by atomic mass is 28.3. The molecule has 0 spiro atoms. The summed E-state index contributed by atoms with van der Waals surface area (Å²) in [7, 11) is 0.156. The summed E-state index contributed by atoms with van der Waals surface area (Å²) >= 11 is 0. The van der Waals surface area contributed by atoms with Crippen LogP contribution in [0.4, 0.5) is 27.2 Å². The normalized spacial score (nSPS) is 13.8. The van der Waals surface area contributed by atoms with Gasteiger partial charge in [0.1, 0.15) is 47.8 Å². The van der Waals surface area contributed by atoms with Gasteiger partial charge in [0.2, 0.25) is 0 Å². The first-order valence-electron chi connectivity index (χ1n) is 28.7. The van der Waals surface area contributed by atoms with Crippen LogP contribution in [0.5, 0.6) is 11.5 Å². The van der Waals surface area contributed by atoms with Crippen LogP contribution in [0.2, 0.25) is 51.4 Å². The van der Waals surface area contributed by atoms with Crippen molar-refractivity contribution in [3.05, 3.63) is 118 Å². The molecule has 0 fully saturated rings. The molecule has 88 heavy (non-hydrogen) atoms. The summed E-state index contributed by atoms with van der Waals surface area (Å²) < 4.78 is 108. The van der Waals surface area contributed by atoms with Crippen LogP contribution < -0.4 is 9.47 Å². The van der Waals surface area contributed by atoms with E-state index in [4.69, 9.17) is 47.9 Å². The zero-order chi connectivity index (χ0) is 65.2. The van der Waals surface area contributed by atoms with Crippen molar-refractivity contribution < 1.29 is 65.0 Å². The van der Waals surface area contributed by atoms with Gasteiger partial charge in [-0.3, -0.25) is 9.13 Å². The van der Waals surface area contributed by atoms with E-state index in [-0.39, 0.29) is 36.1 Å². The molecular formula is C64H80F4N8O10Si2. The second kappa shape index (κ2) is 26.2. The van der Waals surface area contributed by atoms with E-state index in [0.717, 1.165) is 12.1 Å². The minimum Gasteiger partial charge on any atom is -0.443 e. The predicted octanol–water partition coefficient (Wildman–Crippen LogP) is 15.6. The second-order valence-corrected chi connectivity index (χ2v) is 37.5. The third-order valence-corrected chi connectivity index (χ3v) is 18.1. The number of hydrogen-bond acceptors (Lipinski definition) is 14. The summed E-state index contributed by atoms with van der Waals surface area (Å²) in [5.74, 6) is 0.472. The number of hydrogen-bond donors (Lipinski definition) is 0. The van der Waals surface area contributed by atoms with Crippen molar-refractivity contribution in [3.63, 3.8) is 0 Å². The fourth-order valence-electron chi connectivity index (χ4n) is 10.4. The number of rotatable bonds is 20. The molecule has 24 heteroatoms. The van der Waals surface area contributed by atoms with Crippen LogP contribution in [0.3, 0.4) is 0 Å². The van der Waals surface area contributed by atoms with E-state index < -0.39 is 64.0 Å². The van der Waals surface area contributed by atoms with Crippen molar-refractivity contribution in [2.75, 3.05) is 27.4 Å². The van der Waals surface area contributed by atoms with Crippen molar-refractivity contribution >= 4 is 72.2 Å². The first-order valence-corrected chi connectivity index (χ1v) is 36.1. The van der Waals surface area contributed by atoms with Crippen LogP contribution in [-0.4, -0.2) is 108 Å². The summed E-state index contributed by atoms with van der Waals surface area (Å²) in [4.78, 5) is 36.2. The van der Waals surface area contributed by atoms with E-state index in [1.165, 1.54) is 35.5 Å². The highest BCUT2D eigenvalue weighted by Crippen LogP contribution is 2.47. The molecule has 8 rings (SSSR count). The van der Waals surface area contributed by atoms with Gasteiger partial charge in [-0.15, -0.1) is 0 Å². The highest BCUT2D eigenvalue weighted by Gasteiger charge is 2.43. The van der Waals surface area contributed by atoms with Crippen LogP contribution in [-0.2, 0) is 53.1 Å². The van der Waals surface area contributed by atoms with E-state index in [9.17, 15) is 37.7 Å². The molecule has 0 aliphatic heterocycles. The number of nitrogens with zero attached hydrogens (tertiary/aromatic N) is 8. The van der Waals surface area contributed by atoms with Gasteiger partial charge in [0.15, 0.2) is 11.2 Å². The number of aryl methyl sites for hydroxylation is 2. The molecule has 4 heterocycles. The quantitative estimate of drug-likeness (QED) is 0.0396. The summed E-state index contributed by atoms with van der Waals surface area (Å²) in [6.45, 7) is 26.0. The topological polar surface area (TPSA) is 201 Å². The summed E-state index contributed by atoms with van der Waals surface area (Å²) in [6.07, 6.45) is 1.85. The number of fused-ring (bicyclic) bond motifs is 4. The van der Waals surface area contributed by atoms with E-state index in [2.05, 4.69) is 51.4 Å². The van der Waals surface area contributed by atoms with Crippen molar-refractivity contribution in [1.82, 2.24) is 28.2 Å². The molecule has 0 saturated heterocycles. The SMILES string of the molecule is COC(C)(c1c(OC(F)F)cc(C)c2c1ccn2C(=O)OC(C)(C)C)c1nc2cc(C#N)ccc2n1COCC[Si](C)(C)C.COC(C)(c1c(OC(F)F)cc(C)c2c1ccn2C(=O)OC(C)(C)C)c1nc2ccc(C#N)cc2n1COCC[Si](C)(C)C. The number of methoxy groups -OCH3 is 2. The van der Waals surface area contributed by atoms with Gasteiger partial charge in [-0.05, 0) is 153 Å². The molecule has 0 saturated carbocycles. The minimum absolute atomic E-state index is 0.0864. The van der Waals surface area contributed by atoms with Gasteiger partial charge >= 0.3 is 25.4 Å². The Morgan fingerprint density at radius 2 is 0.966 bits per heavy atom. The third-order valence-electron chi connectivity index (χ3n) is 14.7. The third kappa shape index (κ3) is 15.1.